The van der Waals surface area contributed by atoms with Crippen molar-refractivity contribution in [2.45, 2.75) is 6.10 Å². The zero-order valence-corrected chi connectivity index (χ0v) is 9.13. The molecule has 0 heterocycles. The lowest BCUT2D eigenvalue weighted by atomic mass is 10.4. The molecule has 0 saturated carbocycles. The van der Waals surface area contributed by atoms with Crippen LogP contribution in [0.3, 0.4) is 0 Å². The Bertz CT molecular complexity index is 177. The van der Waals surface area contributed by atoms with Crippen molar-refractivity contribution in [3.8, 4) is 0 Å². The van der Waals surface area contributed by atoms with Crippen LogP contribution in [-0.4, -0.2) is 68.5 Å². The molecule has 0 rings (SSSR count). The highest BCUT2D eigenvalue weighted by atomic mass is 16.6. The zero-order valence-electron chi connectivity index (χ0n) is 9.13. The summed E-state index contributed by atoms with van der Waals surface area (Å²) in [6, 6.07) is 0. The Balaban J connectivity index is 3.07. The minimum atomic E-state index is -0.856. The number of hydrogen-bond donors (Lipinski definition) is 3. The SMILES string of the molecule is NCC(=O)OCCOCCOCC(O)CO. The molecule has 0 amide bonds. The van der Waals surface area contributed by atoms with Crippen LogP contribution < -0.4 is 5.73 Å². The fourth-order valence-corrected chi connectivity index (χ4v) is 0.765. The van der Waals surface area contributed by atoms with Crippen molar-refractivity contribution in [1.29, 1.82) is 0 Å². The first-order chi connectivity index (χ1) is 7.70. The molecule has 1 unspecified atom stereocenters. The molecule has 0 aliphatic heterocycles. The van der Waals surface area contributed by atoms with E-state index in [1.165, 1.54) is 0 Å². The number of nitrogens with two attached hydrogens (primary N) is 1. The molecule has 0 spiro atoms. The molecule has 16 heavy (non-hydrogen) atoms. The van der Waals surface area contributed by atoms with Gasteiger partial charge in [-0.05, 0) is 0 Å². The van der Waals surface area contributed by atoms with Gasteiger partial charge in [0.15, 0.2) is 0 Å². The second-order valence-corrected chi connectivity index (χ2v) is 2.95. The van der Waals surface area contributed by atoms with Gasteiger partial charge in [-0.1, -0.05) is 0 Å². The van der Waals surface area contributed by atoms with Crippen LogP contribution >= 0.6 is 0 Å². The molecule has 0 aliphatic rings. The lowest BCUT2D eigenvalue weighted by Crippen LogP contribution is -2.21. The Kier molecular flexibility index (Phi) is 10.3. The Morgan fingerprint density at radius 1 is 1.19 bits per heavy atom. The Morgan fingerprint density at radius 3 is 2.44 bits per heavy atom. The number of aliphatic hydroxyl groups excluding tert-OH is 2. The molecule has 0 aliphatic carbocycles. The van der Waals surface area contributed by atoms with E-state index < -0.39 is 12.1 Å². The third-order valence-electron chi connectivity index (χ3n) is 1.55. The Hall–Kier alpha value is -0.730. The molecular formula is C9H19NO6. The molecule has 96 valence electrons. The fraction of sp³-hybridized carbons (Fsp3) is 0.889. The molecule has 0 aromatic rings. The van der Waals surface area contributed by atoms with Crippen LogP contribution in [0.25, 0.3) is 0 Å². The quantitative estimate of drug-likeness (QED) is 0.294. The van der Waals surface area contributed by atoms with Gasteiger partial charge in [-0.2, -0.15) is 0 Å². The third-order valence-corrected chi connectivity index (χ3v) is 1.55. The molecule has 1 atom stereocenters. The summed E-state index contributed by atoms with van der Waals surface area (Å²) in [5.74, 6) is -0.467. The summed E-state index contributed by atoms with van der Waals surface area (Å²) in [5.41, 5.74) is 5.01. The average molecular weight is 237 g/mol. The van der Waals surface area contributed by atoms with Crippen LogP contribution in [0.2, 0.25) is 0 Å². The van der Waals surface area contributed by atoms with Crippen molar-refractivity contribution in [3.63, 3.8) is 0 Å². The normalized spacial score (nSPS) is 12.4. The Morgan fingerprint density at radius 2 is 1.81 bits per heavy atom. The number of rotatable bonds is 10. The number of carbonyl (C=O) groups excluding carboxylic acids is 1. The van der Waals surface area contributed by atoms with E-state index in [1.807, 2.05) is 0 Å². The number of esters is 1. The molecule has 0 radical (unpaired) electrons. The summed E-state index contributed by atoms with van der Waals surface area (Å²) in [5, 5.41) is 17.4. The fourth-order valence-electron chi connectivity index (χ4n) is 0.765. The summed E-state index contributed by atoms with van der Waals surface area (Å²) >= 11 is 0. The lowest BCUT2D eigenvalue weighted by Gasteiger charge is -2.08. The summed E-state index contributed by atoms with van der Waals surface area (Å²) in [4.78, 5) is 10.6. The summed E-state index contributed by atoms with van der Waals surface area (Å²) in [6.07, 6.45) is -0.856. The van der Waals surface area contributed by atoms with Crippen LogP contribution in [0.15, 0.2) is 0 Å². The standard InChI is InChI=1S/C9H19NO6/c10-5-9(13)16-4-3-14-1-2-15-7-8(12)6-11/h8,11-12H,1-7,10H2. The molecule has 0 fully saturated rings. The van der Waals surface area contributed by atoms with E-state index in [-0.39, 0.29) is 33.0 Å². The number of hydrogen-bond acceptors (Lipinski definition) is 7. The maximum absolute atomic E-state index is 10.6. The van der Waals surface area contributed by atoms with Crippen molar-refractivity contribution in [2.24, 2.45) is 5.73 Å². The maximum atomic E-state index is 10.6. The highest BCUT2D eigenvalue weighted by Gasteiger charge is 2.01. The van der Waals surface area contributed by atoms with Crippen molar-refractivity contribution < 1.29 is 29.2 Å². The van der Waals surface area contributed by atoms with Gasteiger partial charge in [0.1, 0.15) is 12.7 Å². The van der Waals surface area contributed by atoms with E-state index in [4.69, 9.17) is 25.4 Å². The van der Waals surface area contributed by atoms with Crippen molar-refractivity contribution >= 4 is 5.97 Å². The number of aliphatic hydroxyl groups is 2. The molecule has 7 nitrogen and oxygen atoms in total. The summed E-state index contributed by atoms with van der Waals surface area (Å²) in [7, 11) is 0. The second-order valence-electron chi connectivity index (χ2n) is 2.95. The van der Waals surface area contributed by atoms with Gasteiger partial charge >= 0.3 is 5.97 Å². The second kappa shape index (κ2) is 10.8. The predicted molar refractivity (Wildman–Crippen MR) is 54.7 cm³/mol. The van der Waals surface area contributed by atoms with E-state index in [0.29, 0.717) is 13.2 Å². The lowest BCUT2D eigenvalue weighted by molar-refractivity contribution is -0.143. The molecule has 0 saturated heterocycles. The highest BCUT2D eigenvalue weighted by molar-refractivity contribution is 5.71. The van der Waals surface area contributed by atoms with Gasteiger partial charge < -0.3 is 30.2 Å². The van der Waals surface area contributed by atoms with Crippen LogP contribution in [0, 0.1) is 0 Å². The van der Waals surface area contributed by atoms with Gasteiger partial charge in [0.2, 0.25) is 0 Å². The maximum Gasteiger partial charge on any atom is 0.319 e. The van der Waals surface area contributed by atoms with Gasteiger partial charge in [0, 0.05) is 0 Å². The topological polar surface area (TPSA) is 111 Å². The smallest absolute Gasteiger partial charge is 0.319 e. The zero-order chi connectivity index (χ0) is 12.2. The molecular weight excluding hydrogens is 218 g/mol. The highest BCUT2D eigenvalue weighted by Crippen LogP contribution is 1.85. The third kappa shape index (κ3) is 9.81. The molecule has 4 N–H and O–H groups in total. The van der Waals surface area contributed by atoms with Gasteiger partial charge in [-0.15, -0.1) is 0 Å². The van der Waals surface area contributed by atoms with E-state index in [0.717, 1.165) is 0 Å². The van der Waals surface area contributed by atoms with E-state index >= 15 is 0 Å². The van der Waals surface area contributed by atoms with Crippen LogP contribution in [0.5, 0.6) is 0 Å². The van der Waals surface area contributed by atoms with Gasteiger partial charge in [-0.25, -0.2) is 0 Å². The van der Waals surface area contributed by atoms with Crippen LogP contribution in [0.1, 0.15) is 0 Å². The summed E-state index contributed by atoms with van der Waals surface area (Å²) < 4.78 is 14.7. The molecule has 0 aromatic heterocycles. The van der Waals surface area contributed by atoms with Crippen LogP contribution in [-0.2, 0) is 19.0 Å². The number of ether oxygens (including phenoxy) is 3. The molecule has 7 heteroatoms. The average Bonchev–Trinajstić information content (AvgIpc) is 2.31. The van der Waals surface area contributed by atoms with E-state index in [1.54, 1.807) is 0 Å². The largest absolute Gasteiger partial charge is 0.462 e. The first-order valence-electron chi connectivity index (χ1n) is 5.00. The minimum Gasteiger partial charge on any atom is -0.462 e. The van der Waals surface area contributed by atoms with Crippen molar-refractivity contribution in [3.05, 3.63) is 0 Å². The van der Waals surface area contributed by atoms with Gasteiger partial charge in [0.25, 0.3) is 0 Å². The molecule has 0 aromatic carbocycles. The van der Waals surface area contributed by atoms with Crippen molar-refractivity contribution in [2.75, 3.05) is 46.2 Å². The van der Waals surface area contributed by atoms with E-state index in [2.05, 4.69) is 4.74 Å². The minimum absolute atomic E-state index is 0.0714. The van der Waals surface area contributed by atoms with E-state index in [9.17, 15) is 4.79 Å². The first-order valence-corrected chi connectivity index (χ1v) is 5.00. The number of carbonyl (C=O) groups is 1. The monoisotopic (exact) mass is 237 g/mol. The first kappa shape index (κ1) is 15.3. The van der Waals surface area contributed by atoms with Crippen LogP contribution in [0.4, 0.5) is 0 Å². The van der Waals surface area contributed by atoms with Crippen molar-refractivity contribution in [1.82, 2.24) is 0 Å². The molecule has 0 bridgehead atoms. The van der Waals surface area contributed by atoms with Gasteiger partial charge in [-0.3, -0.25) is 4.79 Å². The Labute approximate surface area is 94.1 Å². The van der Waals surface area contributed by atoms with Gasteiger partial charge in [0.05, 0.1) is 39.6 Å². The summed E-state index contributed by atoms with van der Waals surface area (Å²) in [6.45, 7) is 0.688. The predicted octanol–water partition coefficient (Wildman–Crippen LogP) is -2.13.